The second-order valence-electron chi connectivity index (χ2n) is 5.24. The monoisotopic (exact) mass is 341 g/mol. The predicted molar refractivity (Wildman–Crippen MR) is 84.2 cm³/mol. The second-order valence-corrected chi connectivity index (χ2v) is 6.57. The van der Waals surface area contributed by atoms with Gasteiger partial charge >= 0.3 is 6.01 Å². The smallest absolute Gasteiger partial charge is 0.322 e. The average molecular weight is 341 g/mol. The number of hydrogen-bond acceptors (Lipinski definition) is 5. The molecule has 0 aliphatic heterocycles. The number of hydrogen-bond donors (Lipinski definition) is 1. The Labute approximate surface area is 136 Å². The lowest BCUT2D eigenvalue weighted by Crippen LogP contribution is -2.15. The van der Waals surface area contributed by atoms with Gasteiger partial charge in [0.15, 0.2) is 0 Å². The van der Waals surface area contributed by atoms with Gasteiger partial charge in [0.1, 0.15) is 11.6 Å². The van der Waals surface area contributed by atoms with Gasteiger partial charge in [-0.15, -0.1) is 16.9 Å². The molecule has 0 aliphatic rings. The Kier molecular flexibility index (Phi) is 5.70. The van der Waals surface area contributed by atoms with E-state index >= 15 is 0 Å². The van der Waals surface area contributed by atoms with E-state index in [1.165, 1.54) is 18.2 Å². The molecule has 0 saturated carbocycles. The van der Waals surface area contributed by atoms with E-state index in [0.29, 0.717) is 5.89 Å². The maximum absolute atomic E-state index is 13.7. The number of benzene rings is 1. The molecule has 0 bridgehead atoms. The fourth-order valence-electron chi connectivity index (χ4n) is 1.86. The fraction of sp³-hybridized carbons (Fsp3) is 0.400. The van der Waals surface area contributed by atoms with Crippen molar-refractivity contribution in [1.29, 1.82) is 0 Å². The molecule has 2 rings (SSSR count). The van der Waals surface area contributed by atoms with E-state index in [-0.39, 0.29) is 29.2 Å². The molecule has 1 N–H and O–H groups in total. The van der Waals surface area contributed by atoms with Crippen LogP contribution in [0.25, 0.3) is 0 Å². The number of carbonyl (C=O) groups excluding carboxylic acids is 1. The molecule has 0 aliphatic carbocycles. The van der Waals surface area contributed by atoms with Crippen molar-refractivity contribution < 1.29 is 18.0 Å². The van der Waals surface area contributed by atoms with Crippen LogP contribution in [0, 0.1) is 11.6 Å². The van der Waals surface area contributed by atoms with Crippen LogP contribution in [-0.4, -0.2) is 21.9 Å². The molecule has 0 unspecified atom stereocenters. The number of amides is 1. The highest BCUT2D eigenvalue weighted by Crippen LogP contribution is 2.31. The summed E-state index contributed by atoms with van der Waals surface area (Å²) in [5.41, 5.74) is -0.0369. The van der Waals surface area contributed by atoms with Crippen LogP contribution >= 0.6 is 11.8 Å². The van der Waals surface area contributed by atoms with Crippen molar-refractivity contribution in [2.24, 2.45) is 0 Å². The SMILES string of the molecule is CC(C)c1nnc(NC(=O)CS[C@@H](C)c2c(F)cccc2F)o1. The van der Waals surface area contributed by atoms with Gasteiger partial charge in [0.05, 0.1) is 5.75 Å². The van der Waals surface area contributed by atoms with Crippen LogP contribution in [-0.2, 0) is 4.79 Å². The molecule has 1 aromatic heterocycles. The van der Waals surface area contributed by atoms with Gasteiger partial charge in [-0.3, -0.25) is 10.1 Å². The van der Waals surface area contributed by atoms with Crippen LogP contribution in [0.1, 0.15) is 43.4 Å². The van der Waals surface area contributed by atoms with Crippen molar-refractivity contribution in [3.05, 3.63) is 41.3 Å². The molecule has 0 fully saturated rings. The molecule has 2 aromatic rings. The highest BCUT2D eigenvalue weighted by molar-refractivity contribution is 8.00. The molecule has 1 amide bonds. The largest absolute Gasteiger partial charge is 0.408 e. The van der Waals surface area contributed by atoms with E-state index < -0.39 is 16.9 Å². The normalized spacial score (nSPS) is 12.4. The molecule has 1 heterocycles. The van der Waals surface area contributed by atoms with Gasteiger partial charge in [-0.05, 0) is 19.1 Å². The highest BCUT2D eigenvalue weighted by Gasteiger charge is 2.18. The van der Waals surface area contributed by atoms with Gasteiger partial charge in [-0.25, -0.2) is 8.78 Å². The maximum Gasteiger partial charge on any atom is 0.322 e. The van der Waals surface area contributed by atoms with Gasteiger partial charge in [0.2, 0.25) is 11.8 Å². The zero-order valence-corrected chi connectivity index (χ0v) is 13.8. The third-order valence-corrected chi connectivity index (χ3v) is 4.22. The molecule has 0 saturated heterocycles. The zero-order chi connectivity index (χ0) is 17.0. The lowest BCUT2D eigenvalue weighted by atomic mass is 10.1. The molecule has 23 heavy (non-hydrogen) atoms. The molecule has 5 nitrogen and oxygen atoms in total. The molecular formula is C15H17F2N3O2S. The number of halogens is 2. The third-order valence-electron chi connectivity index (χ3n) is 3.05. The number of carbonyl (C=O) groups is 1. The fourth-order valence-corrected chi connectivity index (χ4v) is 2.72. The van der Waals surface area contributed by atoms with E-state index in [0.717, 1.165) is 11.8 Å². The molecule has 1 atom stereocenters. The van der Waals surface area contributed by atoms with Gasteiger partial charge in [-0.2, -0.15) is 0 Å². The first-order valence-electron chi connectivity index (χ1n) is 7.07. The molecule has 0 radical (unpaired) electrons. The Morgan fingerprint density at radius 3 is 2.48 bits per heavy atom. The van der Waals surface area contributed by atoms with E-state index in [1.54, 1.807) is 6.92 Å². The van der Waals surface area contributed by atoms with E-state index in [1.807, 2.05) is 13.8 Å². The number of nitrogens with zero attached hydrogens (tertiary/aromatic N) is 2. The first kappa shape index (κ1) is 17.4. The summed E-state index contributed by atoms with van der Waals surface area (Å²) >= 11 is 1.12. The minimum Gasteiger partial charge on any atom is -0.408 e. The van der Waals surface area contributed by atoms with Crippen molar-refractivity contribution in [3.63, 3.8) is 0 Å². The number of nitrogens with one attached hydrogen (secondary N) is 1. The van der Waals surface area contributed by atoms with Crippen LogP contribution in [0.15, 0.2) is 22.6 Å². The topological polar surface area (TPSA) is 68.0 Å². The number of rotatable bonds is 6. The molecule has 124 valence electrons. The maximum atomic E-state index is 13.7. The Bertz CT molecular complexity index is 671. The van der Waals surface area contributed by atoms with Crippen LogP contribution in [0.4, 0.5) is 14.8 Å². The average Bonchev–Trinajstić information content (AvgIpc) is 2.93. The second kappa shape index (κ2) is 7.54. The molecular weight excluding hydrogens is 324 g/mol. The quantitative estimate of drug-likeness (QED) is 0.863. The number of thioether (sulfide) groups is 1. The van der Waals surface area contributed by atoms with Crippen LogP contribution in [0.5, 0.6) is 0 Å². The summed E-state index contributed by atoms with van der Waals surface area (Å²) in [7, 11) is 0. The van der Waals surface area contributed by atoms with Gasteiger partial charge < -0.3 is 4.42 Å². The van der Waals surface area contributed by atoms with Crippen LogP contribution in [0.3, 0.4) is 0 Å². The van der Waals surface area contributed by atoms with E-state index in [4.69, 9.17) is 4.42 Å². The summed E-state index contributed by atoms with van der Waals surface area (Å²) in [5.74, 6) is -1.12. The first-order valence-corrected chi connectivity index (χ1v) is 8.12. The van der Waals surface area contributed by atoms with Gasteiger partial charge in [-0.1, -0.05) is 25.0 Å². The van der Waals surface area contributed by atoms with Crippen molar-refractivity contribution in [2.75, 3.05) is 11.1 Å². The number of anilines is 1. The summed E-state index contributed by atoms with van der Waals surface area (Å²) in [6.45, 7) is 5.42. The Morgan fingerprint density at radius 1 is 1.26 bits per heavy atom. The third kappa shape index (κ3) is 4.51. The van der Waals surface area contributed by atoms with Gasteiger partial charge in [0.25, 0.3) is 0 Å². The standard InChI is InChI=1S/C15H17F2N3O2S/c1-8(2)14-19-20-15(22-14)18-12(21)7-23-9(3)13-10(16)5-4-6-11(13)17/h4-6,8-9H,7H2,1-3H3,(H,18,20,21)/t9-/m0/s1. The van der Waals surface area contributed by atoms with E-state index in [2.05, 4.69) is 15.5 Å². The van der Waals surface area contributed by atoms with Crippen molar-refractivity contribution in [3.8, 4) is 0 Å². The summed E-state index contributed by atoms with van der Waals surface area (Å²) in [4.78, 5) is 11.8. The van der Waals surface area contributed by atoms with E-state index in [9.17, 15) is 13.6 Å². The summed E-state index contributed by atoms with van der Waals surface area (Å²) < 4.78 is 32.6. The Morgan fingerprint density at radius 2 is 1.91 bits per heavy atom. The number of aromatic nitrogens is 2. The van der Waals surface area contributed by atoms with Crippen LogP contribution in [0.2, 0.25) is 0 Å². The summed E-state index contributed by atoms with van der Waals surface area (Å²) in [6, 6.07) is 3.72. The first-order chi connectivity index (χ1) is 10.9. The lowest BCUT2D eigenvalue weighted by molar-refractivity contribution is -0.113. The van der Waals surface area contributed by atoms with Crippen molar-refractivity contribution in [2.45, 2.75) is 31.9 Å². The predicted octanol–water partition coefficient (Wildman–Crippen LogP) is 3.90. The highest BCUT2D eigenvalue weighted by atomic mass is 32.2. The van der Waals surface area contributed by atoms with Crippen molar-refractivity contribution in [1.82, 2.24) is 10.2 Å². The Balaban J connectivity index is 1.91. The van der Waals surface area contributed by atoms with Gasteiger partial charge in [0, 0.05) is 16.7 Å². The minimum absolute atomic E-state index is 0.00827. The van der Waals surface area contributed by atoms with Crippen LogP contribution < -0.4 is 5.32 Å². The minimum atomic E-state index is -0.621. The zero-order valence-electron chi connectivity index (χ0n) is 13.0. The molecule has 1 aromatic carbocycles. The molecule has 8 heteroatoms. The summed E-state index contributed by atoms with van der Waals surface area (Å²) in [5, 5.41) is 9.47. The Hall–Kier alpha value is -1.96. The lowest BCUT2D eigenvalue weighted by Gasteiger charge is -2.12. The summed E-state index contributed by atoms with van der Waals surface area (Å²) in [6.07, 6.45) is 0. The molecule has 0 spiro atoms. The van der Waals surface area contributed by atoms with Crippen molar-refractivity contribution >= 4 is 23.7 Å².